The van der Waals surface area contributed by atoms with Crippen LogP contribution < -0.4 is 5.32 Å². The average molecular weight is 321 g/mol. The highest BCUT2D eigenvalue weighted by Gasteiger charge is 2.08. The Bertz CT molecular complexity index is 760. The maximum atomic E-state index is 9.57. The first-order chi connectivity index (χ1) is 11.6. The maximum Gasteiger partial charge on any atom is 0.134 e. The van der Waals surface area contributed by atoms with Crippen molar-refractivity contribution in [2.45, 2.75) is 32.5 Å². The third-order valence-corrected chi connectivity index (χ3v) is 4.22. The van der Waals surface area contributed by atoms with Crippen LogP contribution in [0.25, 0.3) is 11.3 Å². The molecule has 2 N–H and O–H groups in total. The molecule has 24 heavy (non-hydrogen) atoms. The Kier molecular flexibility index (Phi) is 5.14. The second-order valence-electron chi connectivity index (χ2n) is 6.08. The molecule has 3 rings (SSSR count). The van der Waals surface area contributed by atoms with Gasteiger partial charge in [0, 0.05) is 11.6 Å². The topological polar surface area (TPSA) is 45.4 Å². The number of nitrogens with one attached hydrogen (secondary N) is 1. The molecule has 124 valence electrons. The Hall–Kier alpha value is -2.36. The predicted molar refractivity (Wildman–Crippen MR) is 96.5 cm³/mol. The van der Waals surface area contributed by atoms with Crippen molar-refractivity contribution >= 4 is 0 Å². The lowest BCUT2D eigenvalue weighted by Crippen LogP contribution is -2.17. The van der Waals surface area contributed by atoms with Crippen LogP contribution in [0.5, 0.6) is 0 Å². The van der Waals surface area contributed by atoms with Gasteiger partial charge < -0.3 is 14.8 Å². The minimum Gasteiger partial charge on any atom is -0.460 e. The summed E-state index contributed by atoms with van der Waals surface area (Å²) in [5.41, 5.74) is 3.18. The van der Waals surface area contributed by atoms with Gasteiger partial charge in [-0.2, -0.15) is 0 Å². The number of aliphatic hydroxyl groups excluding tert-OH is 1. The molecule has 0 unspecified atom stereocenters. The third-order valence-electron chi connectivity index (χ3n) is 4.22. The monoisotopic (exact) mass is 321 g/mol. The summed E-state index contributed by atoms with van der Waals surface area (Å²) in [5, 5.41) is 13.1. The first-order valence-electron chi connectivity index (χ1n) is 8.29. The molecule has 0 fully saturated rings. The number of furan rings is 1. The third kappa shape index (κ3) is 3.94. The van der Waals surface area contributed by atoms with Crippen LogP contribution in [0.3, 0.4) is 0 Å². The van der Waals surface area contributed by atoms with Gasteiger partial charge >= 0.3 is 0 Å². The summed E-state index contributed by atoms with van der Waals surface area (Å²) in [6.45, 7) is 4.59. The quantitative estimate of drug-likeness (QED) is 0.682. The molecule has 0 spiro atoms. The lowest BCUT2D eigenvalue weighted by molar-refractivity contribution is 0.199. The Morgan fingerprint density at radius 2 is 1.58 bits per heavy atom. The molecule has 3 aromatic rings. The predicted octanol–water partition coefficient (Wildman–Crippen LogP) is 4.85. The smallest absolute Gasteiger partial charge is 0.134 e. The van der Waals surface area contributed by atoms with E-state index in [1.165, 1.54) is 5.56 Å². The van der Waals surface area contributed by atoms with E-state index in [9.17, 15) is 5.11 Å². The molecular weight excluding hydrogens is 298 g/mol. The van der Waals surface area contributed by atoms with Gasteiger partial charge in [0.1, 0.15) is 11.5 Å². The van der Waals surface area contributed by atoms with E-state index >= 15 is 0 Å². The van der Waals surface area contributed by atoms with Crippen molar-refractivity contribution in [2.24, 2.45) is 0 Å². The summed E-state index contributed by atoms with van der Waals surface area (Å²) in [6, 6.07) is 22.4. The van der Waals surface area contributed by atoms with Gasteiger partial charge in [0.2, 0.25) is 0 Å². The van der Waals surface area contributed by atoms with E-state index in [0.717, 1.165) is 22.6 Å². The fraction of sp³-hybridized carbons (Fsp3) is 0.238. The van der Waals surface area contributed by atoms with Gasteiger partial charge in [-0.15, -0.1) is 0 Å². The number of aliphatic hydroxyl groups is 1. The maximum absolute atomic E-state index is 9.57. The first kappa shape index (κ1) is 16.5. The molecule has 1 heterocycles. The highest BCUT2D eigenvalue weighted by molar-refractivity contribution is 5.58. The lowest BCUT2D eigenvalue weighted by atomic mass is 10.1. The molecule has 3 heteroatoms. The fourth-order valence-electron chi connectivity index (χ4n) is 2.67. The van der Waals surface area contributed by atoms with E-state index in [1.54, 1.807) is 6.92 Å². The van der Waals surface area contributed by atoms with Crippen molar-refractivity contribution < 1.29 is 9.52 Å². The van der Waals surface area contributed by atoms with Gasteiger partial charge in [-0.1, -0.05) is 54.6 Å². The van der Waals surface area contributed by atoms with Gasteiger partial charge in [-0.25, -0.2) is 0 Å². The molecular formula is C21H23NO2. The Labute approximate surface area is 143 Å². The molecule has 0 saturated carbocycles. The standard InChI is InChI=1S/C21H23NO2/c1-15(17-6-4-3-5-7-17)22-14-20-12-13-21(24-20)19-10-8-18(9-11-19)16(2)23/h3-13,15-16,22-23H,14H2,1-2H3/t15-,16+/m1/s1. The van der Waals surface area contributed by atoms with Crippen molar-refractivity contribution in [1.82, 2.24) is 5.32 Å². The highest BCUT2D eigenvalue weighted by Crippen LogP contribution is 2.24. The van der Waals surface area contributed by atoms with E-state index in [0.29, 0.717) is 6.54 Å². The number of rotatable bonds is 6. The summed E-state index contributed by atoms with van der Waals surface area (Å²) in [4.78, 5) is 0. The van der Waals surface area contributed by atoms with Crippen LogP contribution in [0.2, 0.25) is 0 Å². The fourth-order valence-corrected chi connectivity index (χ4v) is 2.67. The Balaban J connectivity index is 1.63. The Morgan fingerprint density at radius 1 is 0.875 bits per heavy atom. The summed E-state index contributed by atoms with van der Waals surface area (Å²) >= 11 is 0. The van der Waals surface area contributed by atoms with Gasteiger partial charge in [-0.05, 0) is 37.1 Å². The summed E-state index contributed by atoms with van der Waals surface area (Å²) < 4.78 is 5.93. The van der Waals surface area contributed by atoms with Crippen LogP contribution in [0.15, 0.2) is 71.1 Å². The second-order valence-corrected chi connectivity index (χ2v) is 6.08. The van der Waals surface area contributed by atoms with Gasteiger partial charge in [0.15, 0.2) is 0 Å². The highest BCUT2D eigenvalue weighted by atomic mass is 16.3. The molecule has 1 aromatic heterocycles. The van der Waals surface area contributed by atoms with E-state index in [4.69, 9.17) is 4.42 Å². The molecule has 0 bridgehead atoms. The summed E-state index contributed by atoms with van der Waals surface area (Å²) in [6.07, 6.45) is -0.449. The van der Waals surface area contributed by atoms with Crippen molar-refractivity contribution in [1.29, 1.82) is 0 Å². The summed E-state index contributed by atoms with van der Waals surface area (Å²) in [7, 11) is 0. The van der Waals surface area contributed by atoms with Crippen LogP contribution in [-0.4, -0.2) is 5.11 Å². The average Bonchev–Trinajstić information content (AvgIpc) is 3.09. The van der Waals surface area contributed by atoms with E-state index in [-0.39, 0.29) is 6.04 Å². The van der Waals surface area contributed by atoms with Crippen LogP contribution in [0.1, 0.15) is 42.9 Å². The molecule has 0 saturated heterocycles. The summed E-state index contributed by atoms with van der Waals surface area (Å²) in [5.74, 6) is 1.75. The van der Waals surface area contributed by atoms with Gasteiger partial charge in [0.25, 0.3) is 0 Å². The zero-order valence-electron chi connectivity index (χ0n) is 14.1. The zero-order valence-corrected chi connectivity index (χ0v) is 14.1. The lowest BCUT2D eigenvalue weighted by Gasteiger charge is -2.12. The van der Waals surface area contributed by atoms with E-state index < -0.39 is 6.10 Å². The molecule has 3 nitrogen and oxygen atoms in total. The van der Waals surface area contributed by atoms with Crippen LogP contribution >= 0.6 is 0 Å². The van der Waals surface area contributed by atoms with Gasteiger partial charge in [-0.3, -0.25) is 0 Å². The molecule has 2 aromatic carbocycles. The number of hydrogen-bond donors (Lipinski definition) is 2. The number of hydrogen-bond acceptors (Lipinski definition) is 3. The molecule has 0 radical (unpaired) electrons. The first-order valence-corrected chi connectivity index (χ1v) is 8.29. The largest absolute Gasteiger partial charge is 0.460 e. The van der Waals surface area contributed by atoms with Crippen molar-refractivity contribution in [3.05, 3.63) is 83.6 Å². The molecule has 0 aliphatic carbocycles. The van der Waals surface area contributed by atoms with Crippen molar-refractivity contribution in [3.63, 3.8) is 0 Å². The number of benzene rings is 2. The molecule has 0 aliphatic rings. The Morgan fingerprint density at radius 3 is 2.25 bits per heavy atom. The SMILES string of the molecule is C[C@H](O)c1ccc(-c2ccc(CN[C@H](C)c3ccccc3)o2)cc1. The second kappa shape index (κ2) is 7.47. The van der Waals surface area contributed by atoms with E-state index in [2.05, 4.69) is 36.5 Å². The van der Waals surface area contributed by atoms with E-state index in [1.807, 2.05) is 42.5 Å². The molecule has 2 atom stereocenters. The minimum atomic E-state index is -0.449. The zero-order chi connectivity index (χ0) is 16.9. The van der Waals surface area contributed by atoms with Crippen LogP contribution in [0, 0.1) is 0 Å². The van der Waals surface area contributed by atoms with Crippen LogP contribution in [0.4, 0.5) is 0 Å². The molecule has 0 amide bonds. The minimum absolute atomic E-state index is 0.269. The normalized spacial score (nSPS) is 13.6. The van der Waals surface area contributed by atoms with Crippen molar-refractivity contribution in [3.8, 4) is 11.3 Å². The van der Waals surface area contributed by atoms with Gasteiger partial charge in [0.05, 0.1) is 12.6 Å². The molecule has 0 aliphatic heterocycles. The van der Waals surface area contributed by atoms with Crippen LogP contribution in [-0.2, 0) is 6.54 Å². The van der Waals surface area contributed by atoms with Crippen molar-refractivity contribution in [2.75, 3.05) is 0 Å².